The highest BCUT2D eigenvalue weighted by Gasteiger charge is 2.35. The van der Waals surface area contributed by atoms with Crippen LogP contribution in [0.4, 0.5) is 0 Å². The third-order valence-electron chi connectivity index (χ3n) is 4.28. The lowest BCUT2D eigenvalue weighted by Gasteiger charge is -2.43. The van der Waals surface area contributed by atoms with E-state index in [1.54, 1.807) is 7.11 Å². The Balaban J connectivity index is 3.26. The number of nitrogens with zero attached hydrogens (tertiary/aromatic N) is 1. The lowest BCUT2D eigenvalue weighted by molar-refractivity contribution is 0.113. The molecule has 114 valence electrons. The molecule has 0 fully saturated rings. The minimum atomic E-state index is 0.0227. The van der Waals surface area contributed by atoms with E-state index in [0.29, 0.717) is 5.02 Å². The van der Waals surface area contributed by atoms with Crippen molar-refractivity contribution in [1.82, 2.24) is 10.2 Å². The molecule has 0 heterocycles. The normalized spacial score (nSPS) is 16.0. The number of hydrogen-bond acceptors (Lipinski definition) is 3. The summed E-state index contributed by atoms with van der Waals surface area (Å²) in [5.41, 5.74) is 1.22. The van der Waals surface area contributed by atoms with Gasteiger partial charge in [0.15, 0.2) is 0 Å². The van der Waals surface area contributed by atoms with Crippen LogP contribution in [-0.2, 0) is 0 Å². The van der Waals surface area contributed by atoms with Gasteiger partial charge in [-0.3, -0.25) is 0 Å². The molecule has 1 N–H and O–H groups in total. The SMILES string of the molecule is CCNC(c1ccc(Cl)c(OC)c1)C(C)(CC)N(C)C. The summed E-state index contributed by atoms with van der Waals surface area (Å²) < 4.78 is 5.35. The van der Waals surface area contributed by atoms with Gasteiger partial charge in [0, 0.05) is 5.54 Å². The number of rotatable bonds is 7. The summed E-state index contributed by atoms with van der Waals surface area (Å²) in [6.45, 7) is 7.55. The Kier molecular flexibility index (Phi) is 6.31. The van der Waals surface area contributed by atoms with Gasteiger partial charge in [-0.25, -0.2) is 0 Å². The molecule has 1 rings (SSSR count). The Bertz CT molecular complexity index is 436. The second kappa shape index (κ2) is 7.30. The first-order chi connectivity index (χ1) is 9.40. The van der Waals surface area contributed by atoms with Gasteiger partial charge in [-0.05, 0) is 51.7 Å². The fourth-order valence-corrected chi connectivity index (χ4v) is 2.73. The minimum absolute atomic E-state index is 0.0227. The van der Waals surface area contributed by atoms with Crippen molar-refractivity contribution in [1.29, 1.82) is 0 Å². The van der Waals surface area contributed by atoms with Crippen molar-refractivity contribution >= 4 is 11.6 Å². The average Bonchev–Trinajstić information content (AvgIpc) is 2.44. The summed E-state index contributed by atoms with van der Waals surface area (Å²) in [5.74, 6) is 0.726. The first-order valence-corrected chi connectivity index (χ1v) is 7.52. The van der Waals surface area contributed by atoms with Gasteiger partial charge in [0.25, 0.3) is 0 Å². The van der Waals surface area contributed by atoms with Crippen molar-refractivity contribution in [2.75, 3.05) is 27.7 Å². The molecule has 0 aromatic heterocycles. The van der Waals surface area contributed by atoms with Gasteiger partial charge in [0.1, 0.15) is 5.75 Å². The monoisotopic (exact) mass is 298 g/mol. The predicted molar refractivity (Wildman–Crippen MR) is 86.8 cm³/mol. The van der Waals surface area contributed by atoms with E-state index in [9.17, 15) is 0 Å². The Hall–Kier alpha value is -0.770. The van der Waals surface area contributed by atoms with Crippen molar-refractivity contribution in [3.05, 3.63) is 28.8 Å². The number of nitrogens with one attached hydrogen (secondary N) is 1. The quantitative estimate of drug-likeness (QED) is 0.830. The molecule has 0 saturated carbocycles. The number of benzene rings is 1. The molecule has 2 atom stereocenters. The number of likely N-dealkylation sites (N-methyl/N-ethyl adjacent to an activating group) is 2. The van der Waals surface area contributed by atoms with Crippen LogP contribution >= 0.6 is 11.6 Å². The summed E-state index contributed by atoms with van der Waals surface area (Å²) in [6.07, 6.45) is 1.04. The van der Waals surface area contributed by atoms with E-state index >= 15 is 0 Å². The van der Waals surface area contributed by atoms with Gasteiger partial charge in [-0.2, -0.15) is 0 Å². The Morgan fingerprint density at radius 1 is 1.35 bits per heavy atom. The number of ether oxygens (including phenoxy) is 1. The van der Waals surface area contributed by atoms with Gasteiger partial charge in [-0.15, -0.1) is 0 Å². The van der Waals surface area contributed by atoms with Crippen molar-refractivity contribution < 1.29 is 4.74 Å². The molecule has 3 nitrogen and oxygen atoms in total. The van der Waals surface area contributed by atoms with Crippen LogP contribution < -0.4 is 10.1 Å². The molecule has 0 bridgehead atoms. The average molecular weight is 299 g/mol. The smallest absolute Gasteiger partial charge is 0.137 e. The largest absolute Gasteiger partial charge is 0.495 e. The highest BCUT2D eigenvalue weighted by Crippen LogP contribution is 2.36. The standard InChI is InChI=1S/C16H27ClN2O/c1-7-16(3,19(4)5)15(18-8-2)12-9-10-13(17)14(11-12)20-6/h9-11,15,18H,7-8H2,1-6H3. The Labute approximate surface area is 128 Å². The molecular weight excluding hydrogens is 272 g/mol. The molecule has 1 aromatic carbocycles. The van der Waals surface area contributed by atoms with E-state index in [0.717, 1.165) is 18.7 Å². The van der Waals surface area contributed by atoms with E-state index in [-0.39, 0.29) is 11.6 Å². The van der Waals surface area contributed by atoms with Crippen LogP contribution in [0.25, 0.3) is 0 Å². The number of methoxy groups -OCH3 is 1. The summed E-state index contributed by atoms with van der Waals surface area (Å²) >= 11 is 6.13. The van der Waals surface area contributed by atoms with E-state index in [2.05, 4.69) is 51.1 Å². The van der Waals surface area contributed by atoms with Crippen LogP contribution in [-0.4, -0.2) is 38.2 Å². The lowest BCUT2D eigenvalue weighted by atomic mass is 9.83. The maximum Gasteiger partial charge on any atom is 0.137 e. The Morgan fingerprint density at radius 3 is 2.45 bits per heavy atom. The van der Waals surface area contributed by atoms with Gasteiger partial charge in [0.2, 0.25) is 0 Å². The highest BCUT2D eigenvalue weighted by atomic mass is 35.5. The molecule has 0 spiro atoms. The zero-order chi connectivity index (χ0) is 15.3. The second-order valence-corrected chi connectivity index (χ2v) is 5.90. The van der Waals surface area contributed by atoms with Gasteiger partial charge in [0.05, 0.1) is 18.2 Å². The topological polar surface area (TPSA) is 24.5 Å². The summed E-state index contributed by atoms with van der Waals surface area (Å²) in [7, 11) is 5.90. The molecule has 0 amide bonds. The van der Waals surface area contributed by atoms with Gasteiger partial charge >= 0.3 is 0 Å². The fourth-order valence-electron chi connectivity index (χ4n) is 2.54. The van der Waals surface area contributed by atoms with Crippen molar-refractivity contribution in [3.63, 3.8) is 0 Å². The van der Waals surface area contributed by atoms with Crippen LogP contribution in [0.3, 0.4) is 0 Å². The molecule has 4 heteroatoms. The second-order valence-electron chi connectivity index (χ2n) is 5.49. The van der Waals surface area contributed by atoms with Gasteiger partial charge in [-0.1, -0.05) is 31.5 Å². The Morgan fingerprint density at radius 2 is 2.00 bits per heavy atom. The summed E-state index contributed by atoms with van der Waals surface area (Å²) in [4.78, 5) is 2.28. The zero-order valence-electron chi connectivity index (χ0n) is 13.5. The van der Waals surface area contributed by atoms with E-state index in [1.807, 2.05) is 12.1 Å². The molecule has 0 aliphatic rings. The maximum atomic E-state index is 6.13. The van der Waals surface area contributed by atoms with Crippen LogP contribution in [0, 0.1) is 0 Å². The molecular formula is C16H27ClN2O. The van der Waals surface area contributed by atoms with Crippen LogP contribution in [0.5, 0.6) is 5.75 Å². The third-order valence-corrected chi connectivity index (χ3v) is 4.59. The molecule has 0 aliphatic heterocycles. The molecule has 0 aliphatic carbocycles. The minimum Gasteiger partial charge on any atom is -0.495 e. The molecule has 2 unspecified atom stereocenters. The van der Waals surface area contributed by atoms with Crippen molar-refractivity contribution in [2.45, 2.75) is 38.8 Å². The van der Waals surface area contributed by atoms with Crippen LogP contribution in [0.2, 0.25) is 5.02 Å². The highest BCUT2D eigenvalue weighted by molar-refractivity contribution is 6.32. The molecule has 0 saturated heterocycles. The number of halogens is 1. The van der Waals surface area contributed by atoms with E-state index < -0.39 is 0 Å². The lowest BCUT2D eigenvalue weighted by Crippen LogP contribution is -2.51. The fraction of sp³-hybridized carbons (Fsp3) is 0.625. The molecule has 20 heavy (non-hydrogen) atoms. The predicted octanol–water partition coefficient (Wildman–Crippen LogP) is 3.73. The molecule has 0 radical (unpaired) electrons. The first kappa shape index (κ1) is 17.3. The van der Waals surface area contributed by atoms with E-state index in [1.165, 1.54) is 5.56 Å². The van der Waals surface area contributed by atoms with Crippen LogP contribution in [0.1, 0.15) is 38.8 Å². The van der Waals surface area contributed by atoms with Crippen molar-refractivity contribution in [3.8, 4) is 5.75 Å². The van der Waals surface area contributed by atoms with Crippen LogP contribution in [0.15, 0.2) is 18.2 Å². The first-order valence-electron chi connectivity index (χ1n) is 7.14. The zero-order valence-corrected chi connectivity index (χ0v) is 14.2. The van der Waals surface area contributed by atoms with Gasteiger partial charge < -0.3 is 15.0 Å². The summed E-state index contributed by atoms with van der Waals surface area (Å²) in [6, 6.07) is 6.24. The maximum absolute atomic E-state index is 6.13. The third kappa shape index (κ3) is 3.46. The summed E-state index contributed by atoms with van der Waals surface area (Å²) in [5, 5.41) is 4.25. The number of hydrogen-bond donors (Lipinski definition) is 1. The van der Waals surface area contributed by atoms with Crippen molar-refractivity contribution in [2.24, 2.45) is 0 Å². The van der Waals surface area contributed by atoms with E-state index in [4.69, 9.17) is 16.3 Å². The molecule has 1 aromatic rings.